The van der Waals surface area contributed by atoms with Gasteiger partial charge < -0.3 is 18.5 Å². The molecular weight excluding hydrogens is 383 g/mol. The first kappa shape index (κ1) is 21.8. The maximum absolute atomic E-state index is 13.2. The van der Waals surface area contributed by atoms with Crippen LogP contribution in [0.25, 0.3) is 11.1 Å². The van der Waals surface area contributed by atoms with Crippen LogP contribution in [-0.2, 0) is 32.7 Å². The molecule has 0 spiro atoms. The highest BCUT2D eigenvalue weighted by atomic mass is 31.2. The molecule has 0 aromatic heterocycles. The maximum Gasteiger partial charge on any atom is 0.339 e. The molecular formula is C20H23O7P. The fourth-order valence-electron chi connectivity index (χ4n) is 2.97. The smallest absolute Gasteiger partial charge is 0.339 e. The van der Waals surface area contributed by atoms with Gasteiger partial charge in [0.2, 0.25) is 0 Å². The Hall–Kier alpha value is -2.47. The van der Waals surface area contributed by atoms with Gasteiger partial charge in [0.25, 0.3) is 0 Å². The van der Waals surface area contributed by atoms with Crippen molar-refractivity contribution in [3.63, 3.8) is 0 Å². The van der Waals surface area contributed by atoms with Crippen LogP contribution >= 0.6 is 7.60 Å². The average molecular weight is 406 g/mol. The maximum atomic E-state index is 13.2. The van der Waals surface area contributed by atoms with Gasteiger partial charge in [-0.05, 0) is 16.7 Å². The van der Waals surface area contributed by atoms with Gasteiger partial charge in [-0.3, -0.25) is 14.2 Å². The molecule has 150 valence electrons. The summed E-state index contributed by atoms with van der Waals surface area (Å²) in [4.78, 5) is 24.7. The number of benzene rings is 2. The average Bonchev–Trinajstić information content (AvgIpc) is 2.76. The highest BCUT2D eigenvalue weighted by molar-refractivity contribution is 7.54. The molecule has 0 amide bonds. The highest BCUT2D eigenvalue weighted by Crippen LogP contribution is 2.63. The molecule has 0 N–H and O–H groups in total. The van der Waals surface area contributed by atoms with E-state index in [-0.39, 0.29) is 0 Å². The topological polar surface area (TPSA) is 88.1 Å². The van der Waals surface area contributed by atoms with Crippen molar-refractivity contribution >= 4 is 19.5 Å². The summed E-state index contributed by atoms with van der Waals surface area (Å²) in [6.07, 6.45) is 0. The Morgan fingerprint density at radius 3 is 1.64 bits per heavy atom. The molecule has 0 aliphatic rings. The van der Waals surface area contributed by atoms with Crippen LogP contribution in [0.1, 0.15) is 11.2 Å². The van der Waals surface area contributed by atoms with Crippen LogP contribution in [0.5, 0.6) is 0 Å². The number of carbonyl (C=O) groups is 2. The van der Waals surface area contributed by atoms with E-state index in [1.165, 1.54) is 14.2 Å². The van der Waals surface area contributed by atoms with Crippen LogP contribution in [0.3, 0.4) is 0 Å². The molecule has 2 aromatic carbocycles. The van der Waals surface area contributed by atoms with E-state index in [4.69, 9.17) is 18.5 Å². The second-order valence-electron chi connectivity index (χ2n) is 5.86. The van der Waals surface area contributed by atoms with Crippen LogP contribution < -0.4 is 0 Å². The van der Waals surface area contributed by atoms with Gasteiger partial charge in [0, 0.05) is 14.2 Å². The summed E-state index contributed by atoms with van der Waals surface area (Å²) in [5.74, 6) is -3.29. The summed E-state index contributed by atoms with van der Waals surface area (Å²) in [6, 6.07) is 16.6. The molecule has 0 radical (unpaired) electrons. The molecule has 0 unspecified atom stereocenters. The van der Waals surface area contributed by atoms with Gasteiger partial charge in [0.05, 0.1) is 14.2 Å². The number of ether oxygens (including phenoxy) is 2. The lowest BCUT2D eigenvalue weighted by atomic mass is 9.96. The van der Waals surface area contributed by atoms with Crippen LogP contribution in [0.4, 0.5) is 0 Å². The predicted octanol–water partition coefficient (Wildman–Crippen LogP) is 3.84. The van der Waals surface area contributed by atoms with E-state index in [1.807, 2.05) is 30.3 Å². The van der Waals surface area contributed by atoms with Crippen LogP contribution in [-0.4, -0.2) is 40.4 Å². The van der Waals surface area contributed by atoms with Gasteiger partial charge in [0.15, 0.2) is 5.92 Å². The van der Waals surface area contributed by atoms with E-state index in [0.29, 0.717) is 5.56 Å². The van der Waals surface area contributed by atoms with Crippen LogP contribution in [0, 0.1) is 5.92 Å². The van der Waals surface area contributed by atoms with Crippen molar-refractivity contribution in [3.05, 3.63) is 60.2 Å². The minimum absolute atomic E-state index is 0.424. The molecule has 0 saturated carbocycles. The Labute approximate surface area is 164 Å². The second-order valence-corrected chi connectivity index (χ2v) is 8.23. The lowest BCUT2D eigenvalue weighted by Gasteiger charge is -2.28. The zero-order valence-electron chi connectivity index (χ0n) is 16.2. The normalized spacial score (nSPS) is 12.5. The van der Waals surface area contributed by atoms with Crippen molar-refractivity contribution in [1.82, 2.24) is 0 Å². The molecule has 0 bridgehead atoms. The van der Waals surface area contributed by atoms with Gasteiger partial charge in [-0.25, -0.2) is 0 Å². The van der Waals surface area contributed by atoms with E-state index in [2.05, 4.69) is 0 Å². The first-order chi connectivity index (χ1) is 13.4. The van der Waals surface area contributed by atoms with Gasteiger partial charge in [0.1, 0.15) is 5.66 Å². The third-order valence-corrected chi connectivity index (χ3v) is 6.73. The third-order valence-electron chi connectivity index (χ3n) is 4.43. The fraction of sp³-hybridized carbons (Fsp3) is 0.300. The first-order valence-corrected chi connectivity index (χ1v) is 10.0. The SMILES string of the molecule is COC(=O)C(C(=O)OC)[C@@H](c1ccc(-c2ccccc2)cc1)P(=O)(OC)OC. The largest absolute Gasteiger partial charge is 0.468 e. The van der Waals surface area contributed by atoms with Crippen LogP contribution in [0.2, 0.25) is 0 Å². The van der Waals surface area contributed by atoms with Gasteiger partial charge in [-0.15, -0.1) is 0 Å². The molecule has 0 heterocycles. The van der Waals surface area contributed by atoms with E-state index in [1.54, 1.807) is 24.3 Å². The fourth-order valence-corrected chi connectivity index (χ4v) is 4.72. The number of methoxy groups -OCH3 is 2. The van der Waals surface area contributed by atoms with Crippen molar-refractivity contribution in [1.29, 1.82) is 0 Å². The first-order valence-electron chi connectivity index (χ1n) is 8.44. The van der Waals surface area contributed by atoms with E-state index in [9.17, 15) is 14.2 Å². The number of rotatable bonds is 8. The quantitative estimate of drug-likeness (QED) is 0.374. The Morgan fingerprint density at radius 1 is 0.750 bits per heavy atom. The molecule has 8 heteroatoms. The molecule has 0 aliphatic heterocycles. The van der Waals surface area contributed by atoms with E-state index in [0.717, 1.165) is 25.3 Å². The third kappa shape index (κ3) is 4.50. The summed E-state index contributed by atoms with van der Waals surface area (Å²) in [5, 5.41) is 0. The molecule has 7 nitrogen and oxygen atoms in total. The number of hydrogen-bond acceptors (Lipinski definition) is 7. The monoisotopic (exact) mass is 406 g/mol. The van der Waals surface area contributed by atoms with Crippen molar-refractivity contribution in [3.8, 4) is 11.1 Å². The predicted molar refractivity (Wildman–Crippen MR) is 104 cm³/mol. The summed E-state index contributed by atoms with van der Waals surface area (Å²) in [7, 11) is 0.774. The lowest BCUT2D eigenvalue weighted by molar-refractivity contribution is -0.159. The molecule has 28 heavy (non-hydrogen) atoms. The van der Waals surface area contributed by atoms with Gasteiger partial charge in [-0.2, -0.15) is 0 Å². The van der Waals surface area contributed by atoms with E-state index >= 15 is 0 Å². The van der Waals surface area contributed by atoms with Gasteiger partial charge >= 0.3 is 19.5 Å². The minimum atomic E-state index is -3.89. The van der Waals surface area contributed by atoms with Crippen LogP contribution in [0.15, 0.2) is 54.6 Å². The Bertz CT molecular complexity index is 825. The molecule has 0 saturated heterocycles. The van der Waals surface area contributed by atoms with Crippen molar-refractivity contribution in [2.45, 2.75) is 5.66 Å². The second kappa shape index (κ2) is 9.64. The molecule has 2 rings (SSSR count). The molecule has 1 atom stereocenters. The molecule has 0 aliphatic carbocycles. The highest BCUT2D eigenvalue weighted by Gasteiger charge is 2.49. The number of esters is 2. The Kier molecular flexibility index (Phi) is 7.52. The number of hydrogen-bond donors (Lipinski definition) is 0. The van der Waals surface area contributed by atoms with Gasteiger partial charge in [-0.1, -0.05) is 54.6 Å². The Morgan fingerprint density at radius 2 is 1.21 bits per heavy atom. The summed E-state index contributed by atoms with van der Waals surface area (Å²) in [5.41, 5.74) is 1.10. The zero-order valence-corrected chi connectivity index (χ0v) is 17.1. The van der Waals surface area contributed by atoms with Crippen molar-refractivity contribution in [2.24, 2.45) is 5.92 Å². The zero-order chi connectivity index (χ0) is 20.7. The summed E-state index contributed by atoms with van der Waals surface area (Å²) < 4.78 is 32.9. The summed E-state index contributed by atoms with van der Waals surface area (Å²) >= 11 is 0. The standard InChI is InChI=1S/C20H23O7P/c1-24-19(21)17(20(22)25-2)18(28(23,26-3)27-4)16-12-10-15(11-13-16)14-8-6-5-7-9-14/h5-13,17-18H,1-4H3/t18-/m1/s1. The Balaban J connectivity index is 2.57. The number of carbonyl (C=O) groups excluding carboxylic acids is 2. The van der Waals surface area contributed by atoms with E-state index < -0.39 is 31.1 Å². The minimum Gasteiger partial charge on any atom is -0.468 e. The van der Waals surface area contributed by atoms with Crippen molar-refractivity contribution in [2.75, 3.05) is 28.4 Å². The molecule has 0 fully saturated rings. The molecule has 2 aromatic rings. The lowest BCUT2D eigenvalue weighted by Crippen LogP contribution is -2.32. The summed E-state index contributed by atoms with van der Waals surface area (Å²) in [6.45, 7) is 0. The van der Waals surface area contributed by atoms with Crippen molar-refractivity contribution < 1.29 is 32.7 Å².